The lowest BCUT2D eigenvalue weighted by Crippen LogP contribution is -2.32. The van der Waals surface area contributed by atoms with E-state index >= 15 is 0 Å². The molecule has 1 aliphatic rings. The van der Waals surface area contributed by atoms with Crippen LogP contribution < -0.4 is 4.74 Å². The first-order valence-electron chi connectivity index (χ1n) is 17.7. The number of carbonyl (C=O) groups is 2. The van der Waals surface area contributed by atoms with Gasteiger partial charge >= 0.3 is 5.97 Å². The molecule has 7 aromatic rings. The number of nitrogens with zero attached hydrogens (tertiary/aromatic N) is 8. The maximum Gasteiger partial charge on any atom is 0.352 e. The SMILES string of the molecule is Cc1c(C(=O)O)n2c3ccc(Cl)c(c13)-c1c(nn(C)c1C)CN(C(=O)c1nccn1C)Cc1cc(n(C)n1)CSc1cc(c3ccc(F)cc3c1)OCCC2. The van der Waals surface area contributed by atoms with E-state index in [1.165, 1.54) is 12.1 Å². The molecule has 8 bridgehead atoms. The Kier molecular flexibility index (Phi) is 9.42. The quantitative estimate of drug-likeness (QED) is 0.190. The van der Waals surface area contributed by atoms with E-state index in [1.54, 1.807) is 73.7 Å². The molecule has 55 heavy (non-hydrogen) atoms. The van der Waals surface area contributed by atoms with Crippen LogP contribution in [0, 0.1) is 19.7 Å². The number of carboxylic acids is 1. The smallest absolute Gasteiger partial charge is 0.352 e. The van der Waals surface area contributed by atoms with Crippen LogP contribution in [-0.4, -0.2) is 62.2 Å². The molecule has 0 spiro atoms. The number of imidazole rings is 1. The minimum absolute atomic E-state index is 0.0926. The lowest BCUT2D eigenvalue weighted by atomic mass is 9.96. The second-order valence-electron chi connectivity index (χ2n) is 13.8. The van der Waals surface area contributed by atoms with Crippen LogP contribution in [0.2, 0.25) is 5.02 Å². The van der Waals surface area contributed by atoms with Gasteiger partial charge in [-0.05, 0) is 79.7 Å². The Morgan fingerprint density at radius 3 is 2.56 bits per heavy atom. The lowest BCUT2D eigenvalue weighted by molar-refractivity contribution is 0.0681. The number of hydrogen-bond donors (Lipinski definition) is 1. The summed E-state index contributed by atoms with van der Waals surface area (Å²) in [5.74, 6) is -0.291. The zero-order chi connectivity index (χ0) is 38.7. The summed E-state index contributed by atoms with van der Waals surface area (Å²) in [6, 6.07) is 14.1. The molecule has 282 valence electrons. The number of carboxylic acid groups (broad SMARTS) is 1. The largest absolute Gasteiger partial charge is 0.493 e. The molecule has 0 aliphatic carbocycles. The standard InChI is InChI=1S/C40H38ClFN8O4S/c1-22-34-32-10-9-30(41)36(34)35-23(2)47(4)45-31(35)20-49(39(51)38-43-11-13-46(38)3)19-26-17-27(48(5)44-26)21-55-28-16-24-15-25(42)7-8-29(24)33(18-28)54-14-6-12-50(32)37(22)40(52)53/h7-11,13,15-18H,6,12,14,19-21H2,1-5H3,(H,52,53). The molecule has 8 rings (SSSR count). The van der Waals surface area contributed by atoms with Crippen molar-refractivity contribution in [1.82, 2.24) is 38.6 Å². The minimum atomic E-state index is -1.06. The second kappa shape index (κ2) is 14.2. The van der Waals surface area contributed by atoms with Gasteiger partial charge in [-0.25, -0.2) is 14.2 Å². The van der Waals surface area contributed by atoms with Gasteiger partial charge in [0.25, 0.3) is 5.91 Å². The molecule has 12 nitrogen and oxygen atoms in total. The van der Waals surface area contributed by atoms with Gasteiger partial charge in [0, 0.05) is 94.6 Å². The van der Waals surface area contributed by atoms with Crippen molar-refractivity contribution in [3.05, 3.63) is 112 Å². The summed E-state index contributed by atoms with van der Waals surface area (Å²) in [6.45, 7) is 4.62. The summed E-state index contributed by atoms with van der Waals surface area (Å²) in [5, 5.41) is 22.9. The number of aromatic nitrogens is 7. The molecular weight excluding hydrogens is 743 g/mol. The highest BCUT2D eigenvalue weighted by atomic mass is 35.5. The monoisotopic (exact) mass is 780 g/mol. The molecule has 0 fully saturated rings. The second-order valence-corrected chi connectivity index (χ2v) is 15.3. The Hall–Kier alpha value is -5.60. The van der Waals surface area contributed by atoms with Gasteiger partial charge in [-0.1, -0.05) is 11.6 Å². The van der Waals surface area contributed by atoms with E-state index in [-0.39, 0.29) is 42.9 Å². The number of hydrogen-bond acceptors (Lipinski definition) is 7. The predicted molar refractivity (Wildman–Crippen MR) is 209 cm³/mol. The molecule has 4 aromatic heterocycles. The van der Waals surface area contributed by atoms with Gasteiger partial charge in [0.2, 0.25) is 0 Å². The summed E-state index contributed by atoms with van der Waals surface area (Å²) in [5.41, 5.74) is 5.79. The zero-order valence-corrected chi connectivity index (χ0v) is 32.5. The van der Waals surface area contributed by atoms with E-state index in [0.29, 0.717) is 68.3 Å². The van der Waals surface area contributed by atoms with E-state index in [1.807, 2.05) is 45.3 Å². The van der Waals surface area contributed by atoms with Crippen LogP contribution in [0.15, 0.2) is 65.8 Å². The van der Waals surface area contributed by atoms with Gasteiger partial charge < -0.3 is 23.9 Å². The van der Waals surface area contributed by atoms with E-state index < -0.39 is 5.97 Å². The fourth-order valence-electron chi connectivity index (χ4n) is 7.59. The van der Waals surface area contributed by atoms with Crippen LogP contribution >= 0.6 is 23.4 Å². The number of thioether (sulfide) groups is 1. The fraction of sp³-hybridized carbons (Fsp3) is 0.275. The Morgan fingerprint density at radius 1 is 0.982 bits per heavy atom. The van der Waals surface area contributed by atoms with Crippen LogP contribution in [0.25, 0.3) is 32.8 Å². The Balaban J connectivity index is 1.32. The first kappa shape index (κ1) is 36.4. The maximum atomic E-state index is 14.4. The van der Waals surface area contributed by atoms with Crippen molar-refractivity contribution in [3.8, 4) is 16.9 Å². The van der Waals surface area contributed by atoms with Gasteiger partial charge in [0.15, 0.2) is 5.82 Å². The third-order valence-corrected chi connectivity index (χ3v) is 11.6. The van der Waals surface area contributed by atoms with Crippen molar-refractivity contribution in [2.45, 2.75) is 50.6 Å². The number of rotatable bonds is 2. The van der Waals surface area contributed by atoms with E-state index in [2.05, 4.69) is 4.98 Å². The van der Waals surface area contributed by atoms with E-state index in [9.17, 15) is 19.1 Å². The van der Waals surface area contributed by atoms with Gasteiger partial charge in [-0.3, -0.25) is 14.2 Å². The van der Waals surface area contributed by atoms with Crippen LogP contribution in [0.3, 0.4) is 0 Å². The average molecular weight is 781 g/mol. The van der Waals surface area contributed by atoms with Crippen LogP contribution in [0.5, 0.6) is 5.75 Å². The number of benzene rings is 3. The van der Waals surface area contributed by atoms with Crippen LogP contribution in [-0.2, 0) is 46.5 Å². The van der Waals surface area contributed by atoms with E-state index in [0.717, 1.165) is 27.2 Å². The maximum absolute atomic E-state index is 14.4. The molecule has 15 heteroatoms. The summed E-state index contributed by atoms with van der Waals surface area (Å²) in [4.78, 5) is 34.2. The van der Waals surface area contributed by atoms with Crippen molar-refractivity contribution >= 4 is 56.9 Å². The molecule has 0 radical (unpaired) electrons. The van der Waals surface area contributed by atoms with E-state index in [4.69, 9.17) is 26.5 Å². The highest BCUT2D eigenvalue weighted by molar-refractivity contribution is 7.98. The molecule has 0 saturated heterocycles. The van der Waals surface area contributed by atoms with Crippen LogP contribution in [0.4, 0.5) is 4.39 Å². The molecule has 3 aromatic carbocycles. The Morgan fingerprint density at radius 2 is 1.80 bits per heavy atom. The summed E-state index contributed by atoms with van der Waals surface area (Å²) in [6.07, 6.45) is 3.79. The summed E-state index contributed by atoms with van der Waals surface area (Å²) >= 11 is 8.65. The molecule has 0 unspecified atom stereocenters. The number of aryl methyl sites for hydroxylation is 5. The zero-order valence-electron chi connectivity index (χ0n) is 30.9. The summed E-state index contributed by atoms with van der Waals surface area (Å²) in [7, 11) is 5.48. The molecule has 0 atom stereocenters. The fourth-order valence-corrected chi connectivity index (χ4v) is 8.83. The average Bonchev–Trinajstić information content (AvgIpc) is 3.88. The number of halogens is 2. The highest BCUT2D eigenvalue weighted by Gasteiger charge is 2.30. The molecular formula is C40H38ClFN8O4S. The predicted octanol–water partition coefficient (Wildman–Crippen LogP) is 7.69. The number of ether oxygens (including phenoxy) is 1. The normalized spacial score (nSPS) is 13.9. The molecule has 1 amide bonds. The molecule has 1 N–H and O–H groups in total. The molecule has 0 saturated carbocycles. The number of carbonyl (C=O) groups excluding carboxylic acids is 1. The van der Waals surface area contributed by atoms with Crippen molar-refractivity contribution in [1.29, 1.82) is 0 Å². The first-order chi connectivity index (χ1) is 26.4. The first-order valence-corrected chi connectivity index (χ1v) is 19.1. The highest BCUT2D eigenvalue weighted by Crippen LogP contribution is 2.43. The Bertz CT molecular complexity index is 2680. The number of aromatic carboxylic acids is 1. The van der Waals surface area contributed by atoms with Gasteiger partial charge in [-0.15, -0.1) is 11.8 Å². The summed E-state index contributed by atoms with van der Waals surface area (Å²) < 4.78 is 27.9. The molecule has 5 heterocycles. The number of fused-ring (bicyclic) bond motifs is 8. The van der Waals surface area contributed by atoms with Crippen molar-refractivity contribution in [2.24, 2.45) is 21.1 Å². The van der Waals surface area contributed by atoms with Crippen molar-refractivity contribution in [2.75, 3.05) is 6.61 Å². The lowest BCUT2D eigenvalue weighted by Gasteiger charge is -2.21. The van der Waals surface area contributed by atoms with Gasteiger partial charge in [0.1, 0.15) is 17.3 Å². The topological polar surface area (TPSA) is 125 Å². The van der Waals surface area contributed by atoms with Crippen LogP contribution in [0.1, 0.15) is 55.9 Å². The third kappa shape index (κ3) is 6.52. The Labute approximate surface area is 325 Å². The van der Waals surface area contributed by atoms with Crippen molar-refractivity contribution < 1.29 is 23.8 Å². The molecule has 1 aliphatic heterocycles. The van der Waals surface area contributed by atoms with Gasteiger partial charge in [0.05, 0.1) is 31.1 Å². The third-order valence-electron chi connectivity index (χ3n) is 10.3. The number of amides is 1. The van der Waals surface area contributed by atoms with Crippen molar-refractivity contribution in [3.63, 3.8) is 0 Å². The minimum Gasteiger partial charge on any atom is -0.493 e. The van der Waals surface area contributed by atoms with Gasteiger partial charge in [-0.2, -0.15) is 10.2 Å².